The first-order chi connectivity index (χ1) is 22.2. The van der Waals surface area contributed by atoms with Gasteiger partial charge in [-0.2, -0.15) is 5.10 Å². The third-order valence-electron chi connectivity index (χ3n) is 8.26. The van der Waals surface area contributed by atoms with Gasteiger partial charge in [-0.1, -0.05) is 53.5 Å². The molecule has 0 radical (unpaired) electrons. The maximum atomic E-state index is 13.9. The average molecular weight is 682 g/mol. The molecule has 1 aliphatic heterocycles. The van der Waals surface area contributed by atoms with Crippen LogP contribution in [0.2, 0.25) is 10.0 Å². The first-order valence-corrected chi connectivity index (χ1v) is 15.6. The van der Waals surface area contributed by atoms with E-state index in [-0.39, 0.29) is 45.6 Å². The zero-order valence-electron chi connectivity index (χ0n) is 25.1. The number of amides is 1. The second-order valence-corrected chi connectivity index (χ2v) is 13.0. The molecule has 0 bridgehead atoms. The van der Waals surface area contributed by atoms with Gasteiger partial charge in [-0.25, -0.2) is 4.98 Å². The van der Waals surface area contributed by atoms with E-state index in [2.05, 4.69) is 19.9 Å². The van der Waals surface area contributed by atoms with Crippen molar-refractivity contribution in [2.24, 2.45) is 0 Å². The van der Waals surface area contributed by atoms with Gasteiger partial charge < -0.3 is 25.0 Å². The van der Waals surface area contributed by atoms with Gasteiger partial charge in [0.25, 0.3) is 5.91 Å². The van der Waals surface area contributed by atoms with Crippen molar-refractivity contribution in [3.8, 4) is 22.8 Å². The van der Waals surface area contributed by atoms with Crippen LogP contribution in [0.5, 0.6) is 11.5 Å². The van der Waals surface area contributed by atoms with Crippen molar-refractivity contribution in [3.05, 3.63) is 105 Å². The molecule has 1 atom stereocenters. The minimum atomic E-state index is -3.89. The summed E-state index contributed by atoms with van der Waals surface area (Å²) in [4.78, 5) is 18.3. The molecule has 9 nitrogen and oxygen atoms in total. The largest absolute Gasteiger partial charge is 0.586 e. The lowest BCUT2D eigenvalue weighted by Gasteiger charge is -2.31. The molecule has 7 rings (SSSR count). The smallest absolute Gasteiger partial charge is 0.395 e. The number of aromatic nitrogens is 3. The Hall–Kier alpha value is -4.29. The van der Waals surface area contributed by atoms with E-state index in [0.717, 1.165) is 18.2 Å². The lowest BCUT2D eigenvalue weighted by atomic mass is 9.86. The molecule has 13 heteroatoms. The van der Waals surface area contributed by atoms with Crippen LogP contribution in [0.3, 0.4) is 0 Å². The zero-order valence-corrected chi connectivity index (χ0v) is 26.6. The Morgan fingerprint density at radius 3 is 2.49 bits per heavy atom. The first kappa shape index (κ1) is 31.3. The number of halogens is 4. The highest BCUT2D eigenvalue weighted by Gasteiger charge is 2.45. The lowest BCUT2D eigenvalue weighted by Crippen LogP contribution is -2.42. The molecule has 3 heterocycles. The molecule has 0 saturated heterocycles. The standard InChI is InChI=1S/C34H28Cl2F2N4O5/c1-32(2,44)21-14-25(23-10-11-26-30(28(23)36)47-34(37,38)46-26)40-27(15-21)33(45,20-6-4-3-5-7-20)17-39-31(43)18-12-19-16-42(22-8-9-22)41-29(19)24(35)13-18/h3-7,10-16,22,44-45H,8-9,17H2,1-2H3,(H,39,43)/t33-/m1/s1. The van der Waals surface area contributed by atoms with E-state index in [9.17, 15) is 23.8 Å². The number of alkyl halides is 2. The highest BCUT2D eigenvalue weighted by atomic mass is 35.5. The quantitative estimate of drug-likeness (QED) is 0.162. The van der Waals surface area contributed by atoms with Crippen molar-refractivity contribution in [1.82, 2.24) is 20.1 Å². The predicted molar refractivity (Wildman–Crippen MR) is 171 cm³/mol. The molecule has 1 fully saturated rings. The van der Waals surface area contributed by atoms with Crippen LogP contribution in [0.4, 0.5) is 8.78 Å². The van der Waals surface area contributed by atoms with Gasteiger partial charge in [-0.15, -0.1) is 8.78 Å². The molecule has 5 aromatic rings. The second kappa shape index (κ2) is 11.2. The van der Waals surface area contributed by atoms with Crippen LogP contribution >= 0.6 is 23.2 Å². The number of benzene rings is 3. The number of rotatable bonds is 8. The van der Waals surface area contributed by atoms with E-state index in [1.165, 1.54) is 30.3 Å². The van der Waals surface area contributed by atoms with Crippen molar-refractivity contribution < 1.29 is 33.3 Å². The highest BCUT2D eigenvalue weighted by Crippen LogP contribution is 2.49. The summed E-state index contributed by atoms with van der Waals surface area (Å²) in [5.74, 6) is -1.11. The molecule has 3 aromatic carbocycles. The van der Waals surface area contributed by atoms with Crippen LogP contribution in [-0.4, -0.2) is 43.7 Å². The summed E-state index contributed by atoms with van der Waals surface area (Å²) in [6.07, 6.45) is 0.0543. The van der Waals surface area contributed by atoms with E-state index in [1.807, 2.05) is 10.9 Å². The number of nitrogens with one attached hydrogen (secondary N) is 1. The topological polar surface area (TPSA) is 119 Å². The third-order valence-corrected chi connectivity index (χ3v) is 8.92. The zero-order chi connectivity index (χ0) is 33.3. The normalized spacial score (nSPS) is 16.7. The molecule has 47 heavy (non-hydrogen) atoms. The Morgan fingerprint density at radius 1 is 1.04 bits per heavy atom. The molecular formula is C34H28Cl2F2N4O5. The summed E-state index contributed by atoms with van der Waals surface area (Å²) in [6.45, 7) is 2.76. The van der Waals surface area contributed by atoms with Crippen LogP contribution in [0, 0.1) is 0 Å². The minimum Gasteiger partial charge on any atom is -0.395 e. The van der Waals surface area contributed by atoms with Crippen LogP contribution < -0.4 is 14.8 Å². The summed E-state index contributed by atoms with van der Waals surface area (Å²) >= 11 is 13.1. The van der Waals surface area contributed by atoms with Gasteiger partial charge in [0.2, 0.25) is 0 Å². The summed E-state index contributed by atoms with van der Waals surface area (Å²) in [5, 5.41) is 31.7. The van der Waals surface area contributed by atoms with Gasteiger partial charge in [0.1, 0.15) is 11.1 Å². The fraction of sp³-hybridized carbons (Fsp3) is 0.265. The number of hydrogen-bond donors (Lipinski definition) is 3. The third kappa shape index (κ3) is 5.89. The predicted octanol–water partition coefficient (Wildman–Crippen LogP) is 6.95. The van der Waals surface area contributed by atoms with Gasteiger partial charge in [-0.3, -0.25) is 9.48 Å². The van der Waals surface area contributed by atoms with Crippen molar-refractivity contribution in [2.45, 2.75) is 50.2 Å². The Morgan fingerprint density at radius 2 is 1.79 bits per heavy atom. The Kier molecular flexibility index (Phi) is 7.43. The number of nitrogens with zero attached hydrogens (tertiary/aromatic N) is 3. The molecular weight excluding hydrogens is 653 g/mol. The molecule has 2 aliphatic rings. The van der Waals surface area contributed by atoms with Crippen molar-refractivity contribution >= 4 is 40.0 Å². The highest BCUT2D eigenvalue weighted by molar-refractivity contribution is 6.35. The molecule has 0 spiro atoms. The number of hydrogen-bond acceptors (Lipinski definition) is 7. The maximum absolute atomic E-state index is 13.9. The summed E-state index contributed by atoms with van der Waals surface area (Å²) in [7, 11) is 0. The molecule has 242 valence electrons. The summed E-state index contributed by atoms with van der Waals surface area (Å²) in [5.41, 5.74) is -1.38. The second-order valence-electron chi connectivity index (χ2n) is 12.3. The Labute approximate surface area is 277 Å². The number of aliphatic hydroxyl groups is 2. The van der Waals surface area contributed by atoms with Gasteiger partial charge in [0.05, 0.1) is 39.6 Å². The molecule has 1 amide bonds. The van der Waals surface area contributed by atoms with Crippen LogP contribution in [-0.2, 0) is 11.2 Å². The number of carbonyl (C=O) groups excluding carboxylic acids is 1. The lowest BCUT2D eigenvalue weighted by molar-refractivity contribution is -0.286. The van der Waals surface area contributed by atoms with Crippen molar-refractivity contribution in [2.75, 3.05) is 6.54 Å². The summed E-state index contributed by atoms with van der Waals surface area (Å²) < 4.78 is 38.7. The SMILES string of the molecule is CC(C)(O)c1cc(-c2ccc3c(c2Cl)OC(F)(F)O3)nc([C@@](O)(CNC(=O)c2cc(Cl)c3nn(C4CC4)cc3c2)c2ccccc2)c1. The van der Waals surface area contributed by atoms with E-state index in [1.54, 1.807) is 50.2 Å². The molecule has 3 N–H and O–H groups in total. The molecule has 1 aliphatic carbocycles. The van der Waals surface area contributed by atoms with Gasteiger partial charge in [0, 0.05) is 22.7 Å². The number of ether oxygens (including phenoxy) is 2. The van der Waals surface area contributed by atoms with Gasteiger partial charge in [0.15, 0.2) is 11.5 Å². The average Bonchev–Trinajstić information content (AvgIpc) is 3.70. The van der Waals surface area contributed by atoms with Crippen molar-refractivity contribution in [1.29, 1.82) is 0 Å². The minimum absolute atomic E-state index is 0.0527. The van der Waals surface area contributed by atoms with E-state index < -0.39 is 23.4 Å². The maximum Gasteiger partial charge on any atom is 0.586 e. The summed E-state index contributed by atoms with van der Waals surface area (Å²) in [6, 6.07) is 17.9. The fourth-order valence-corrected chi connectivity index (χ4v) is 6.10. The van der Waals surface area contributed by atoms with Gasteiger partial charge >= 0.3 is 6.29 Å². The van der Waals surface area contributed by atoms with Crippen molar-refractivity contribution in [3.63, 3.8) is 0 Å². The first-order valence-electron chi connectivity index (χ1n) is 14.8. The van der Waals surface area contributed by atoms with Crippen LogP contribution in [0.15, 0.2) is 72.9 Å². The van der Waals surface area contributed by atoms with Crippen LogP contribution in [0.1, 0.15) is 59.9 Å². The fourth-order valence-electron chi connectivity index (χ4n) is 5.55. The van der Waals surface area contributed by atoms with Gasteiger partial charge in [-0.05, 0) is 74.2 Å². The number of pyridine rings is 1. The van der Waals surface area contributed by atoms with E-state index in [4.69, 9.17) is 28.2 Å². The molecule has 0 unspecified atom stereocenters. The molecule has 2 aromatic heterocycles. The molecule has 1 saturated carbocycles. The van der Waals surface area contributed by atoms with Crippen LogP contribution in [0.25, 0.3) is 22.2 Å². The Bertz CT molecular complexity index is 2050. The number of fused-ring (bicyclic) bond motifs is 2. The Balaban J connectivity index is 1.28. The number of carbonyl (C=O) groups is 1. The van der Waals surface area contributed by atoms with E-state index >= 15 is 0 Å². The van der Waals surface area contributed by atoms with E-state index in [0.29, 0.717) is 27.7 Å². The monoisotopic (exact) mass is 680 g/mol.